The predicted octanol–water partition coefficient (Wildman–Crippen LogP) is 6.67. The lowest BCUT2D eigenvalue weighted by molar-refractivity contribution is -0.135. The van der Waals surface area contributed by atoms with Crippen LogP contribution in [0.15, 0.2) is 47.3 Å². The molecule has 2 unspecified atom stereocenters. The Bertz CT molecular complexity index is 2840. The maximum absolute atomic E-state index is 15.1. The quantitative estimate of drug-likeness (QED) is 0.135. The number of likely N-dealkylation sites (tertiary alicyclic amines) is 3. The van der Waals surface area contributed by atoms with Gasteiger partial charge in [-0.1, -0.05) is 30.7 Å². The number of amides is 2. The number of carbonyl (C=O) groups excluding carboxylic acids is 2. The zero-order valence-electron chi connectivity index (χ0n) is 41.9. The molecule has 17 heteroatoms. The van der Waals surface area contributed by atoms with Crippen molar-refractivity contribution in [1.29, 1.82) is 0 Å². The van der Waals surface area contributed by atoms with Crippen LogP contribution in [0, 0.1) is 24.6 Å². The Morgan fingerprint density at radius 1 is 0.819 bits per heavy atom. The van der Waals surface area contributed by atoms with Crippen LogP contribution in [0.3, 0.4) is 0 Å². The molecule has 3 aliphatic carbocycles. The highest BCUT2D eigenvalue weighted by atomic mass is 32.1. The van der Waals surface area contributed by atoms with Crippen LogP contribution in [-0.2, 0) is 40.9 Å². The maximum Gasteiger partial charge on any atom is 0.272 e. The Hall–Kier alpha value is -4.94. The lowest BCUT2D eigenvalue weighted by atomic mass is 9.67. The number of nitrogens with one attached hydrogen (secondary N) is 1. The third-order valence-electron chi connectivity index (χ3n) is 17.7. The van der Waals surface area contributed by atoms with Gasteiger partial charge in [0.1, 0.15) is 22.5 Å². The fourth-order valence-electron chi connectivity index (χ4n) is 13.9. The summed E-state index contributed by atoms with van der Waals surface area (Å²) in [5, 5.41) is 18.7. The average molecular weight is 1000 g/mol. The van der Waals surface area contributed by atoms with E-state index in [4.69, 9.17) is 14.8 Å². The van der Waals surface area contributed by atoms with E-state index in [1.165, 1.54) is 84.8 Å². The Morgan fingerprint density at radius 2 is 1.57 bits per heavy atom. The minimum Gasteiger partial charge on any atom is -0.375 e. The van der Waals surface area contributed by atoms with E-state index in [9.17, 15) is 14.4 Å². The first kappa shape index (κ1) is 48.0. The van der Waals surface area contributed by atoms with E-state index in [1.807, 2.05) is 28.4 Å². The Labute approximate surface area is 425 Å². The molecule has 7 fully saturated rings. The van der Waals surface area contributed by atoms with Crippen molar-refractivity contribution in [2.75, 3.05) is 72.0 Å². The topological polar surface area (TPSA) is 149 Å². The van der Waals surface area contributed by atoms with E-state index in [0.717, 1.165) is 102 Å². The molecule has 3 aromatic heterocycles. The number of carbonyl (C=O) groups is 2. The normalized spacial score (nSPS) is 25.8. The molecule has 2 bridgehead atoms. The number of benzene rings is 2. The van der Waals surface area contributed by atoms with Crippen LogP contribution in [0.4, 0.5) is 4.39 Å². The molecule has 3 saturated carbocycles. The molecule has 8 heterocycles. The van der Waals surface area contributed by atoms with Crippen LogP contribution in [-0.4, -0.2) is 150 Å². The zero-order chi connectivity index (χ0) is 48.9. The molecule has 2 amide bonds. The van der Waals surface area contributed by atoms with Crippen molar-refractivity contribution < 1.29 is 18.7 Å². The van der Waals surface area contributed by atoms with Crippen molar-refractivity contribution in [3.8, 4) is 0 Å². The molecule has 4 saturated heterocycles. The molecule has 1 N–H and O–H groups in total. The van der Waals surface area contributed by atoms with E-state index in [0.29, 0.717) is 67.9 Å². The molecule has 72 heavy (non-hydrogen) atoms. The third-order valence-corrected chi connectivity index (χ3v) is 18.7. The van der Waals surface area contributed by atoms with Crippen LogP contribution >= 0.6 is 11.3 Å². The number of aryl methyl sites for hydroxylation is 2. The highest BCUT2D eigenvalue weighted by Gasteiger charge is 2.58. The largest absolute Gasteiger partial charge is 0.375 e. The molecular weight excluding hydrogens is 930 g/mol. The highest BCUT2D eigenvalue weighted by molar-refractivity contribution is 7.11. The van der Waals surface area contributed by atoms with E-state index >= 15 is 4.39 Å². The molecule has 5 aliphatic heterocycles. The molecule has 5 aromatic rings. The van der Waals surface area contributed by atoms with Crippen molar-refractivity contribution in [2.45, 2.75) is 134 Å². The summed E-state index contributed by atoms with van der Waals surface area (Å²) in [5.41, 5.74) is 2.78. The summed E-state index contributed by atoms with van der Waals surface area (Å²) >= 11 is 1.94. The number of halogens is 1. The number of H-pyrrole nitrogens is 1. The standard InChI is InChI=1S/C55H70FN11O4S/c1-36-51(57-49(72-36)34-66-18-7-10-47(66)52-60-59-48-11-3-2-6-19-67(48)52)55-30-38(31-55)39(32-55)33-62-20-14-40(15-21-62)71-41-16-22-63(23-17-41)35-50(68)64-24-26-65(27-25-64)54(70)44-28-37(12-13-45(44)56)29-46-42-8-4-5-9-43(42)53(69)61-58-46/h4-5,8-9,12-13,28,38-41,47H,2-3,6-7,10-11,14-27,29-35H2,1H3,(H,61,69). The fourth-order valence-corrected chi connectivity index (χ4v) is 14.9. The van der Waals surface area contributed by atoms with Gasteiger partial charge < -0.3 is 24.0 Å². The molecule has 0 spiro atoms. The number of nitrogens with zero attached hydrogens (tertiary/aromatic N) is 10. The Balaban J connectivity index is 0.556. The van der Waals surface area contributed by atoms with Gasteiger partial charge in [0, 0.05) is 94.0 Å². The number of rotatable bonds is 13. The number of piperidine rings is 2. The summed E-state index contributed by atoms with van der Waals surface area (Å²) in [7, 11) is 0. The average Bonchev–Trinajstić information content (AvgIpc) is 4.21. The first-order valence-corrected chi connectivity index (χ1v) is 28.0. The van der Waals surface area contributed by atoms with Gasteiger partial charge in [0.25, 0.3) is 11.5 Å². The van der Waals surface area contributed by atoms with E-state index in [2.05, 4.69) is 41.5 Å². The van der Waals surface area contributed by atoms with Crippen LogP contribution in [0.5, 0.6) is 0 Å². The summed E-state index contributed by atoms with van der Waals surface area (Å²) in [6.45, 7) is 12.4. The van der Waals surface area contributed by atoms with Crippen LogP contribution in [0.2, 0.25) is 0 Å². The second kappa shape index (κ2) is 20.4. The van der Waals surface area contributed by atoms with Crippen LogP contribution in [0.1, 0.15) is 132 Å². The van der Waals surface area contributed by atoms with E-state index in [1.54, 1.807) is 29.2 Å². The minimum atomic E-state index is -0.583. The van der Waals surface area contributed by atoms with Gasteiger partial charge in [-0.05, 0) is 120 Å². The number of hydrogen-bond donors (Lipinski definition) is 1. The van der Waals surface area contributed by atoms with E-state index < -0.39 is 5.82 Å². The van der Waals surface area contributed by atoms with Gasteiger partial charge in [-0.2, -0.15) is 5.10 Å². The summed E-state index contributed by atoms with van der Waals surface area (Å²) in [6, 6.07) is 12.1. The lowest BCUT2D eigenvalue weighted by Gasteiger charge is -2.39. The van der Waals surface area contributed by atoms with Gasteiger partial charge in [0.15, 0.2) is 0 Å². The second-order valence-corrected chi connectivity index (χ2v) is 23.6. The molecule has 8 aliphatic rings. The smallest absolute Gasteiger partial charge is 0.272 e. The number of aromatic amines is 1. The van der Waals surface area contributed by atoms with Crippen molar-refractivity contribution in [3.05, 3.63) is 103 Å². The Kier molecular flexibility index (Phi) is 13.6. The molecule has 13 rings (SSSR count). The number of fused-ring (bicyclic) bond motifs is 3. The molecule has 15 nitrogen and oxygen atoms in total. The van der Waals surface area contributed by atoms with Gasteiger partial charge in [-0.25, -0.2) is 14.5 Å². The van der Waals surface area contributed by atoms with Gasteiger partial charge >= 0.3 is 0 Å². The summed E-state index contributed by atoms with van der Waals surface area (Å²) in [6.07, 6.45) is 16.0. The van der Waals surface area contributed by atoms with Crippen molar-refractivity contribution in [2.24, 2.45) is 11.8 Å². The Morgan fingerprint density at radius 3 is 2.36 bits per heavy atom. The van der Waals surface area contributed by atoms with Gasteiger partial charge in [-0.15, -0.1) is 21.5 Å². The second-order valence-electron chi connectivity index (χ2n) is 22.3. The third kappa shape index (κ3) is 9.68. The predicted molar refractivity (Wildman–Crippen MR) is 273 cm³/mol. The van der Waals surface area contributed by atoms with Gasteiger partial charge in [-0.3, -0.25) is 24.2 Å². The van der Waals surface area contributed by atoms with Gasteiger partial charge in [0.2, 0.25) is 5.91 Å². The number of aromatic nitrogens is 6. The molecule has 2 atom stereocenters. The summed E-state index contributed by atoms with van der Waals surface area (Å²) in [5.74, 6) is 3.06. The number of piperazine rings is 1. The molecule has 0 radical (unpaired) electrons. The SMILES string of the molecule is Cc1sc(CN2CCCC2c2nnc3n2CCCCC3)nc1C12CC(CN3CCC(OC4CCN(CC(=O)N5CCN(C(=O)c6cc(Cc7n[nH]c(=O)c8ccccc78)ccc6F)CC5)CC4)CC3)C(C1)C2. The number of hydrogen-bond acceptors (Lipinski definition) is 12. The number of thiazole rings is 1. The van der Waals surface area contributed by atoms with Crippen molar-refractivity contribution in [1.82, 2.24) is 54.4 Å². The monoisotopic (exact) mass is 1000 g/mol. The molecule has 2 aromatic carbocycles. The first-order valence-electron chi connectivity index (χ1n) is 27.2. The fraction of sp³-hybridized carbons (Fsp3) is 0.618. The first-order chi connectivity index (χ1) is 35.1. The minimum absolute atomic E-state index is 0.00155. The molecule has 382 valence electrons. The summed E-state index contributed by atoms with van der Waals surface area (Å²) in [4.78, 5) is 57.3. The molecular formula is C55H70FN11O4S. The van der Waals surface area contributed by atoms with Crippen molar-refractivity contribution in [3.63, 3.8) is 0 Å². The van der Waals surface area contributed by atoms with Crippen LogP contribution in [0.25, 0.3) is 10.8 Å². The van der Waals surface area contributed by atoms with Crippen LogP contribution < -0.4 is 5.56 Å². The number of ether oxygens (including phenoxy) is 1. The van der Waals surface area contributed by atoms with Crippen molar-refractivity contribution >= 4 is 33.9 Å². The lowest BCUT2D eigenvalue weighted by Crippen LogP contribution is -2.53. The zero-order valence-corrected chi connectivity index (χ0v) is 42.7. The summed E-state index contributed by atoms with van der Waals surface area (Å²) < 4.78 is 24.3. The highest BCUT2D eigenvalue weighted by Crippen LogP contribution is 2.63. The van der Waals surface area contributed by atoms with Gasteiger partial charge in [0.05, 0.1) is 53.7 Å². The van der Waals surface area contributed by atoms with E-state index in [-0.39, 0.29) is 34.5 Å². The maximum atomic E-state index is 15.1.